The maximum absolute atomic E-state index is 13.2. The van der Waals surface area contributed by atoms with Crippen LogP contribution < -0.4 is 16.1 Å². The number of nitrogens with zero attached hydrogens (tertiary/aromatic N) is 1. The van der Waals surface area contributed by atoms with E-state index >= 15 is 0 Å². The van der Waals surface area contributed by atoms with Crippen molar-refractivity contribution in [2.75, 3.05) is 11.9 Å². The summed E-state index contributed by atoms with van der Waals surface area (Å²) < 4.78 is 13.2. The van der Waals surface area contributed by atoms with Gasteiger partial charge in [-0.2, -0.15) is 0 Å². The highest BCUT2D eigenvalue weighted by Gasteiger charge is 2.22. The molecule has 0 aliphatic carbocycles. The van der Waals surface area contributed by atoms with E-state index in [0.29, 0.717) is 17.9 Å². The van der Waals surface area contributed by atoms with E-state index in [1.807, 2.05) is 12.1 Å². The zero-order valence-electron chi connectivity index (χ0n) is 21.0. The lowest BCUT2D eigenvalue weighted by Gasteiger charge is -2.14. The molecular formula is C29H29FN4O4. The number of hydrogen-bond donors (Lipinski definition) is 5. The largest absolute Gasteiger partial charge is 0.391 e. The van der Waals surface area contributed by atoms with Crippen molar-refractivity contribution in [3.8, 4) is 11.8 Å². The number of carbonyl (C=O) groups is 2. The number of hydroxylamine groups is 1. The lowest BCUT2D eigenvalue weighted by atomic mass is 10.1. The molecule has 0 saturated carbocycles. The van der Waals surface area contributed by atoms with Crippen molar-refractivity contribution >= 4 is 23.2 Å². The summed E-state index contributed by atoms with van der Waals surface area (Å²) in [6, 6.07) is 19.5. The summed E-state index contributed by atoms with van der Waals surface area (Å²) in [6.45, 7) is 3.61. The van der Waals surface area contributed by atoms with Crippen LogP contribution in [0.1, 0.15) is 36.1 Å². The molecule has 3 aromatic rings. The highest BCUT2D eigenvalue weighted by Crippen LogP contribution is 2.11. The van der Waals surface area contributed by atoms with E-state index in [9.17, 15) is 19.1 Å². The van der Waals surface area contributed by atoms with Crippen LogP contribution in [-0.4, -0.2) is 46.5 Å². The molecule has 0 radical (unpaired) electrons. The van der Waals surface area contributed by atoms with E-state index in [4.69, 9.17) is 5.21 Å². The van der Waals surface area contributed by atoms with Gasteiger partial charge in [0, 0.05) is 29.1 Å². The fourth-order valence-electron chi connectivity index (χ4n) is 3.48. The van der Waals surface area contributed by atoms with Gasteiger partial charge >= 0.3 is 0 Å². The molecule has 2 atom stereocenters. The van der Waals surface area contributed by atoms with Crippen LogP contribution in [0.3, 0.4) is 0 Å². The third-order valence-corrected chi connectivity index (χ3v) is 5.49. The number of aliphatic hydroxyl groups excluding tert-OH is 1. The summed E-state index contributed by atoms with van der Waals surface area (Å²) in [6.07, 6.45) is -1.06. The number of amides is 2. The first-order valence-electron chi connectivity index (χ1n) is 11.9. The summed E-state index contributed by atoms with van der Waals surface area (Å²) >= 11 is 0. The molecule has 0 unspecified atom stereocenters. The number of rotatable bonds is 9. The Kier molecular flexibility index (Phi) is 10.3. The Morgan fingerprint density at radius 3 is 2.21 bits per heavy atom. The number of hydrogen-bond acceptors (Lipinski definition) is 6. The van der Waals surface area contributed by atoms with Crippen molar-refractivity contribution < 1.29 is 24.3 Å². The van der Waals surface area contributed by atoms with Gasteiger partial charge in [-0.3, -0.25) is 19.8 Å². The molecule has 0 aromatic heterocycles. The van der Waals surface area contributed by atoms with Crippen LogP contribution in [0.15, 0.2) is 77.8 Å². The zero-order chi connectivity index (χ0) is 27.5. The number of halogens is 1. The van der Waals surface area contributed by atoms with Crippen LogP contribution in [0.25, 0.3) is 0 Å². The van der Waals surface area contributed by atoms with Gasteiger partial charge in [0.2, 0.25) is 5.91 Å². The highest BCUT2D eigenvalue weighted by atomic mass is 19.1. The number of nitrogens with one attached hydrogen (secondary N) is 3. The fourth-order valence-corrected chi connectivity index (χ4v) is 3.48. The average Bonchev–Trinajstić information content (AvgIpc) is 2.91. The normalized spacial score (nSPS) is 12.6. The number of aliphatic hydroxyl groups is 1. The number of aliphatic imine (C=N–C) groups is 1. The van der Waals surface area contributed by atoms with Crippen molar-refractivity contribution in [2.24, 2.45) is 4.99 Å². The van der Waals surface area contributed by atoms with E-state index in [1.165, 1.54) is 24.5 Å². The maximum Gasteiger partial charge on any atom is 0.270 e. The van der Waals surface area contributed by atoms with Gasteiger partial charge in [-0.05, 0) is 73.5 Å². The second-order valence-electron chi connectivity index (χ2n) is 8.56. The minimum Gasteiger partial charge on any atom is -0.391 e. The van der Waals surface area contributed by atoms with Gasteiger partial charge in [0.15, 0.2) is 6.04 Å². The summed E-state index contributed by atoms with van der Waals surface area (Å²) in [5, 5.41) is 24.4. The molecule has 38 heavy (non-hydrogen) atoms. The second kappa shape index (κ2) is 13.8. The molecule has 3 aromatic carbocycles. The molecule has 0 fully saturated rings. The van der Waals surface area contributed by atoms with Crippen molar-refractivity contribution in [1.82, 2.24) is 10.8 Å². The molecule has 2 amide bonds. The lowest BCUT2D eigenvalue weighted by molar-refractivity contribution is -0.132. The molecule has 0 spiro atoms. The Balaban J connectivity index is 1.53. The molecule has 0 heterocycles. The molecule has 8 nitrogen and oxygen atoms in total. The van der Waals surface area contributed by atoms with Gasteiger partial charge in [-0.15, -0.1) is 0 Å². The van der Waals surface area contributed by atoms with E-state index < -0.39 is 18.1 Å². The molecule has 0 bridgehead atoms. The standard InChI is InChI=1S/C29H29FN4O4/c1-19(32-28(20(2)35)29(37)34-38)24-12-8-21(9-13-24)6-7-22-10-14-26(15-11-22)33-27(36)18-31-17-23-4-3-5-25(30)16-23/h3-5,8-16,20,28,31,35,38H,17-18H2,1-2H3,(H,33,36)(H,34,37)/t20-,28+/m1/s1. The maximum atomic E-state index is 13.2. The molecule has 0 aliphatic rings. The minimum absolute atomic E-state index is 0.0898. The van der Waals surface area contributed by atoms with Crippen LogP contribution >= 0.6 is 0 Å². The van der Waals surface area contributed by atoms with Crippen LogP contribution in [0.4, 0.5) is 10.1 Å². The Labute approximate surface area is 220 Å². The van der Waals surface area contributed by atoms with E-state index in [-0.39, 0.29) is 18.3 Å². The first kappa shape index (κ1) is 28.2. The molecule has 9 heteroatoms. The Morgan fingerprint density at radius 2 is 1.63 bits per heavy atom. The molecule has 196 valence electrons. The Hall–Kier alpha value is -4.36. The quantitative estimate of drug-likeness (QED) is 0.130. The Morgan fingerprint density at radius 1 is 1.00 bits per heavy atom. The smallest absolute Gasteiger partial charge is 0.270 e. The van der Waals surface area contributed by atoms with Crippen LogP contribution in [0, 0.1) is 17.7 Å². The van der Waals surface area contributed by atoms with Gasteiger partial charge in [0.05, 0.1) is 12.6 Å². The molecular weight excluding hydrogens is 487 g/mol. The summed E-state index contributed by atoms with van der Waals surface area (Å²) in [5.74, 6) is 4.83. The fraction of sp³-hybridized carbons (Fsp3) is 0.207. The molecule has 0 saturated heterocycles. The number of carbonyl (C=O) groups excluding carboxylic acids is 2. The van der Waals surface area contributed by atoms with Crippen LogP contribution in [-0.2, 0) is 16.1 Å². The topological polar surface area (TPSA) is 123 Å². The number of benzene rings is 3. The highest BCUT2D eigenvalue weighted by molar-refractivity contribution is 6.00. The summed E-state index contributed by atoms with van der Waals surface area (Å²) in [4.78, 5) is 28.1. The predicted octanol–water partition coefficient (Wildman–Crippen LogP) is 3.02. The summed E-state index contributed by atoms with van der Waals surface area (Å²) in [5.41, 5.74) is 5.72. The monoisotopic (exact) mass is 516 g/mol. The van der Waals surface area contributed by atoms with Crippen LogP contribution in [0.2, 0.25) is 0 Å². The first-order valence-corrected chi connectivity index (χ1v) is 11.9. The zero-order valence-corrected chi connectivity index (χ0v) is 21.0. The Bertz CT molecular complexity index is 1340. The molecule has 5 N–H and O–H groups in total. The SMILES string of the molecule is CC(=N[C@H](C(=O)NO)[C@@H](C)O)c1ccc(C#Cc2ccc(NC(=O)CNCc3cccc(F)c3)cc2)cc1. The average molecular weight is 517 g/mol. The first-order chi connectivity index (χ1) is 18.2. The van der Waals surface area contributed by atoms with E-state index in [0.717, 1.165) is 22.3 Å². The van der Waals surface area contributed by atoms with Gasteiger partial charge in [-0.1, -0.05) is 36.1 Å². The van der Waals surface area contributed by atoms with E-state index in [1.54, 1.807) is 55.5 Å². The lowest BCUT2D eigenvalue weighted by Crippen LogP contribution is -2.38. The predicted molar refractivity (Wildman–Crippen MR) is 143 cm³/mol. The third kappa shape index (κ3) is 8.64. The van der Waals surface area contributed by atoms with Crippen molar-refractivity contribution in [3.05, 3.63) is 101 Å². The molecule has 3 rings (SSSR count). The number of anilines is 1. The molecule has 0 aliphatic heterocycles. The van der Waals surface area contributed by atoms with Crippen molar-refractivity contribution in [3.63, 3.8) is 0 Å². The van der Waals surface area contributed by atoms with E-state index in [2.05, 4.69) is 27.5 Å². The second-order valence-corrected chi connectivity index (χ2v) is 8.56. The van der Waals surface area contributed by atoms with Gasteiger partial charge in [-0.25, -0.2) is 9.87 Å². The van der Waals surface area contributed by atoms with Gasteiger partial charge in [0.25, 0.3) is 5.91 Å². The summed E-state index contributed by atoms with van der Waals surface area (Å²) in [7, 11) is 0. The van der Waals surface area contributed by atoms with Crippen molar-refractivity contribution in [2.45, 2.75) is 32.5 Å². The third-order valence-electron chi connectivity index (χ3n) is 5.49. The van der Waals surface area contributed by atoms with Crippen LogP contribution in [0.5, 0.6) is 0 Å². The van der Waals surface area contributed by atoms with Gasteiger partial charge < -0.3 is 15.7 Å². The minimum atomic E-state index is -1.12. The van der Waals surface area contributed by atoms with Crippen molar-refractivity contribution in [1.29, 1.82) is 0 Å². The van der Waals surface area contributed by atoms with Gasteiger partial charge in [0.1, 0.15) is 5.82 Å².